The largest absolute Gasteiger partial charge is 0.353 e. The van der Waals surface area contributed by atoms with Crippen molar-refractivity contribution < 1.29 is 8.42 Å². The highest BCUT2D eigenvalue weighted by atomic mass is 32.2. The summed E-state index contributed by atoms with van der Waals surface area (Å²) in [7, 11) is -3.31. The Hall–Kier alpha value is -1.29. The maximum atomic E-state index is 12.8. The molecule has 0 aromatic carbocycles. The maximum Gasteiger partial charge on any atom is 0.282 e. The second kappa shape index (κ2) is 7.51. The van der Waals surface area contributed by atoms with Crippen molar-refractivity contribution in [2.45, 2.75) is 44.9 Å². The molecule has 2 aliphatic heterocycles. The van der Waals surface area contributed by atoms with E-state index in [2.05, 4.69) is 14.9 Å². The Morgan fingerprint density at radius 3 is 2.32 bits per heavy atom. The van der Waals surface area contributed by atoms with Gasteiger partial charge < -0.3 is 4.90 Å². The Morgan fingerprint density at radius 2 is 1.54 bits per heavy atom. The summed E-state index contributed by atoms with van der Waals surface area (Å²) in [5.41, 5.74) is 1.44. The molecule has 0 bridgehead atoms. The lowest BCUT2D eigenvalue weighted by atomic mass is 10.1. The van der Waals surface area contributed by atoms with Crippen molar-refractivity contribution in [3.63, 3.8) is 0 Å². The minimum Gasteiger partial charge on any atom is -0.353 e. The molecule has 4 heterocycles. The third kappa shape index (κ3) is 3.22. The molecule has 0 unspecified atom stereocenters. The number of anilines is 1. The SMILES string of the molecule is O=S(=O)(N1CCCC1)N1CCN(c2ncnc3sc4c(c23)CCCCC4)CC1. The van der Waals surface area contributed by atoms with Crippen LogP contribution in [0.4, 0.5) is 5.82 Å². The first kappa shape index (κ1) is 18.7. The minimum absolute atomic E-state index is 0.524. The zero-order valence-electron chi connectivity index (χ0n) is 16.1. The molecule has 152 valence electrons. The van der Waals surface area contributed by atoms with Gasteiger partial charge in [-0.1, -0.05) is 6.42 Å². The highest BCUT2D eigenvalue weighted by Crippen LogP contribution is 2.39. The Bertz CT molecular complexity index is 960. The first-order valence-electron chi connectivity index (χ1n) is 10.4. The number of aryl methyl sites for hydroxylation is 2. The maximum absolute atomic E-state index is 12.8. The molecule has 2 fully saturated rings. The van der Waals surface area contributed by atoms with Crippen LogP contribution in [-0.2, 0) is 23.1 Å². The molecule has 28 heavy (non-hydrogen) atoms. The van der Waals surface area contributed by atoms with E-state index in [1.165, 1.54) is 35.1 Å². The van der Waals surface area contributed by atoms with Crippen LogP contribution < -0.4 is 4.90 Å². The fourth-order valence-electron chi connectivity index (χ4n) is 4.70. The summed E-state index contributed by atoms with van der Waals surface area (Å²) in [5, 5.41) is 1.22. The monoisotopic (exact) mass is 421 g/mol. The number of piperazine rings is 1. The minimum atomic E-state index is -3.31. The van der Waals surface area contributed by atoms with Gasteiger partial charge >= 0.3 is 0 Å². The average Bonchev–Trinajstić information content (AvgIpc) is 3.32. The summed E-state index contributed by atoms with van der Waals surface area (Å²) in [6, 6.07) is 0. The fraction of sp³-hybridized carbons (Fsp3) is 0.684. The van der Waals surface area contributed by atoms with E-state index in [0.29, 0.717) is 39.3 Å². The summed E-state index contributed by atoms with van der Waals surface area (Å²) < 4.78 is 29.0. The second-order valence-electron chi connectivity index (χ2n) is 7.94. The molecule has 0 N–H and O–H groups in total. The van der Waals surface area contributed by atoms with Gasteiger partial charge in [0.2, 0.25) is 0 Å². The van der Waals surface area contributed by atoms with Crippen LogP contribution in [0.2, 0.25) is 0 Å². The smallest absolute Gasteiger partial charge is 0.282 e. The zero-order valence-corrected chi connectivity index (χ0v) is 17.8. The summed E-state index contributed by atoms with van der Waals surface area (Å²) in [6.07, 6.45) is 9.66. The van der Waals surface area contributed by atoms with Crippen molar-refractivity contribution in [1.82, 2.24) is 18.6 Å². The molecule has 7 nitrogen and oxygen atoms in total. The standard InChI is InChI=1S/C19H27N5O2S2/c25-28(26,23-8-4-5-9-23)24-12-10-22(11-13-24)18-17-15-6-2-1-3-7-16(15)27-19(17)21-14-20-18/h14H,1-13H2. The van der Waals surface area contributed by atoms with Crippen molar-refractivity contribution in [3.8, 4) is 0 Å². The van der Waals surface area contributed by atoms with Gasteiger partial charge in [-0.3, -0.25) is 0 Å². The number of aromatic nitrogens is 2. The van der Waals surface area contributed by atoms with E-state index >= 15 is 0 Å². The van der Waals surface area contributed by atoms with Gasteiger partial charge in [-0.2, -0.15) is 17.0 Å². The van der Waals surface area contributed by atoms with Gasteiger partial charge in [0.15, 0.2) is 0 Å². The van der Waals surface area contributed by atoms with E-state index in [-0.39, 0.29) is 0 Å². The molecule has 9 heteroatoms. The van der Waals surface area contributed by atoms with Crippen molar-refractivity contribution in [2.24, 2.45) is 0 Å². The molecule has 3 aliphatic rings. The number of nitrogens with zero attached hydrogens (tertiary/aromatic N) is 5. The molecule has 0 radical (unpaired) electrons. The number of thiophene rings is 1. The van der Waals surface area contributed by atoms with Crippen LogP contribution in [0, 0.1) is 0 Å². The molecule has 1 aliphatic carbocycles. The molecule has 5 rings (SSSR count). The number of hydrogen-bond acceptors (Lipinski definition) is 6. The fourth-order valence-corrected chi connectivity index (χ4v) is 7.60. The summed E-state index contributed by atoms with van der Waals surface area (Å²) in [4.78, 5) is 14.0. The zero-order chi connectivity index (χ0) is 19.1. The van der Waals surface area contributed by atoms with Crippen molar-refractivity contribution in [3.05, 3.63) is 16.8 Å². The Labute approximate surface area is 170 Å². The Balaban J connectivity index is 1.39. The van der Waals surface area contributed by atoms with Gasteiger partial charge in [0.1, 0.15) is 17.0 Å². The molecule has 2 saturated heterocycles. The van der Waals surface area contributed by atoms with Gasteiger partial charge in [-0.05, 0) is 44.1 Å². The number of hydrogen-bond donors (Lipinski definition) is 0. The van der Waals surface area contributed by atoms with Crippen molar-refractivity contribution in [1.29, 1.82) is 0 Å². The van der Waals surface area contributed by atoms with E-state index in [1.54, 1.807) is 14.9 Å². The Morgan fingerprint density at radius 1 is 0.821 bits per heavy atom. The van der Waals surface area contributed by atoms with Gasteiger partial charge in [0.25, 0.3) is 10.2 Å². The van der Waals surface area contributed by atoms with E-state index in [9.17, 15) is 8.42 Å². The molecule has 2 aromatic heterocycles. The van der Waals surface area contributed by atoms with Crippen LogP contribution in [0.3, 0.4) is 0 Å². The van der Waals surface area contributed by atoms with E-state index in [4.69, 9.17) is 0 Å². The van der Waals surface area contributed by atoms with Gasteiger partial charge in [0, 0.05) is 44.1 Å². The first-order chi connectivity index (χ1) is 13.6. The lowest BCUT2D eigenvalue weighted by molar-refractivity contribution is 0.343. The summed E-state index contributed by atoms with van der Waals surface area (Å²) in [6.45, 7) is 3.74. The summed E-state index contributed by atoms with van der Waals surface area (Å²) >= 11 is 1.82. The quantitative estimate of drug-likeness (QED) is 0.712. The molecule has 0 atom stereocenters. The predicted octanol–water partition coefficient (Wildman–Crippen LogP) is 2.42. The lowest BCUT2D eigenvalue weighted by Crippen LogP contribution is -2.52. The summed E-state index contributed by atoms with van der Waals surface area (Å²) in [5.74, 6) is 1.00. The number of rotatable bonds is 3. The third-order valence-corrected chi connectivity index (χ3v) is 9.47. The first-order valence-corrected chi connectivity index (χ1v) is 12.6. The highest BCUT2D eigenvalue weighted by Gasteiger charge is 2.34. The molecular weight excluding hydrogens is 394 g/mol. The molecule has 2 aromatic rings. The highest BCUT2D eigenvalue weighted by molar-refractivity contribution is 7.86. The van der Waals surface area contributed by atoms with Crippen LogP contribution in [0.1, 0.15) is 42.5 Å². The molecule has 0 amide bonds. The van der Waals surface area contributed by atoms with Gasteiger partial charge in [-0.25, -0.2) is 9.97 Å². The van der Waals surface area contributed by atoms with Crippen LogP contribution in [-0.4, -0.2) is 66.3 Å². The van der Waals surface area contributed by atoms with Crippen LogP contribution in [0.25, 0.3) is 10.2 Å². The van der Waals surface area contributed by atoms with Crippen LogP contribution in [0.5, 0.6) is 0 Å². The van der Waals surface area contributed by atoms with E-state index in [0.717, 1.165) is 36.3 Å². The van der Waals surface area contributed by atoms with Crippen molar-refractivity contribution >= 4 is 37.6 Å². The topological polar surface area (TPSA) is 69.6 Å². The van der Waals surface area contributed by atoms with Gasteiger partial charge in [-0.15, -0.1) is 11.3 Å². The van der Waals surface area contributed by atoms with E-state index < -0.39 is 10.2 Å². The van der Waals surface area contributed by atoms with Crippen molar-refractivity contribution in [2.75, 3.05) is 44.2 Å². The predicted molar refractivity (Wildman–Crippen MR) is 112 cm³/mol. The second-order valence-corrected chi connectivity index (χ2v) is 11.0. The van der Waals surface area contributed by atoms with Crippen LogP contribution in [0.15, 0.2) is 6.33 Å². The van der Waals surface area contributed by atoms with Crippen LogP contribution >= 0.6 is 11.3 Å². The van der Waals surface area contributed by atoms with Gasteiger partial charge in [0.05, 0.1) is 5.39 Å². The lowest BCUT2D eigenvalue weighted by Gasteiger charge is -2.36. The van der Waals surface area contributed by atoms with E-state index in [1.807, 2.05) is 11.3 Å². The average molecular weight is 422 g/mol. The molecule has 0 spiro atoms. The molecule has 0 saturated carbocycles. The third-order valence-electron chi connectivity index (χ3n) is 6.24. The molecular formula is C19H27N5O2S2. The Kier molecular flexibility index (Phi) is 5.02. The number of fused-ring (bicyclic) bond motifs is 3. The normalized spacial score (nSPS) is 22.5.